The van der Waals surface area contributed by atoms with Crippen LogP contribution in [0.15, 0.2) is 43.0 Å². The van der Waals surface area contributed by atoms with E-state index < -0.39 is 47.9 Å². The smallest absolute Gasteiger partial charge is 0.326 e. The SMILES string of the molecule is CC(C)CC(NC(=O)C(Cc1c[nH]c2ccccc12)NC(=O)C(C)NC(=O)C(N)Cc1cnc[nH]1)C(=O)O. The fourth-order valence-electron chi connectivity index (χ4n) is 4.10. The molecule has 0 aliphatic heterocycles. The van der Waals surface area contributed by atoms with Gasteiger partial charge in [0.1, 0.15) is 18.1 Å². The van der Waals surface area contributed by atoms with Gasteiger partial charge < -0.3 is 36.8 Å². The van der Waals surface area contributed by atoms with Crippen molar-refractivity contribution in [3.05, 3.63) is 54.2 Å². The third-order valence-corrected chi connectivity index (χ3v) is 6.14. The molecule has 4 atom stereocenters. The highest BCUT2D eigenvalue weighted by atomic mass is 16.4. The number of rotatable bonds is 13. The van der Waals surface area contributed by atoms with Crippen molar-refractivity contribution in [2.75, 3.05) is 0 Å². The third-order valence-electron chi connectivity index (χ3n) is 6.14. The van der Waals surface area contributed by atoms with E-state index in [1.807, 2.05) is 38.1 Å². The first-order valence-corrected chi connectivity index (χ1v) is 12.5. The number of nitrogens with zero attached hydrogens (tertiary/aromatic N) is 1. The number of H-pyrrole nitrogens is 2. The molecule has 2 aromatic heterocycles. The second kappa shape index (κ2) is 12.9. The van der Waals surface area contributed by atoms with E-state index in [9.17, 15) is 24.3 Å². The molecule has 2 heterocycles. The normalized spacial score (nSPS) is 14.4. The summed E-state index contributed by atoms with van der Waals surface area (Å²) in [6.07, 6.45) is 5.33. The maximum atomic E-state index is 13.3. The van der Waals surface area contributed by atoms with Gasteiger partial charge in [-0.3, -0.25) is 14.4 Å². The van der Waals surface area contributed by atoms with Crippen molar-refractivity contribution < 1.29 is 24.3 Å². The van der Waals surface area contributed by atoms with Crippen molar-refractivity contribution >= 4 is 34.6 Å². The number of benzene rings is 1. The maximum Gasteiger partial charge on any atom is 0.326 e. The summed E-state index contributed by atoms with van der Waals surface area (Å²) in [6, 6.07) is 3.40. The molecule has 12 heteroatoms. The molecule has 3 rings (SSSR count). The fraction of sp³-hybridized carbons (Fsp3) is 0.423. The molecule has 0 fully saturated rings. The Morgan fingerprint density at radius 2 is 1.66 bits per heavy atom. The lowest BCUT2D eigenvalue weighted by atomic mass is 10.0. The number of hydrogen-bond acceptors (Lipinski definition) is 6. The Morgan fingerprint density at radius 1 is 0.947 bits per heavy atom. The predicted octanol–water partition coefficient (Wildman–Crippen LogP) is 0.609. The van der Waals surface area contributed by atoms with Crippen LogP contribution in [0.3, 0.4) is 0 Å². The highest BCUT2D eigenvalue weighted by Gasteiger charge is 2.30. The largest absolute Gasteiger partial charge is 0.480 e. The molecule has 0 spiro atoms. The summed E-state index contributed by atoms with van der Waals surface area (Å²) in [5, 5.41) is 18.3. The summed E-state index contributed by atoms with van der Waals surface area (Å²) in [4.78, 5) is 60.4. The fourth-order valence-corrected chi connectivity index (χ4v) is 4.10. The number of carbonyl (C=O) groups excluding carboxylic acids is 3. The van der Waals surface area contributed by atoms with E-state index in [1.165, 1.54) is 13.3 Å². The maximum absolute atomic E-state index is 13.3. The Kier molecular flexibility index (Phi) is 9.61. The number of aromatic amines is 2. The summed E-state index contributed by atoms with van der Waals surface area (Å²) < 4.78 is 0. The second-order valence-corrected chi connectivity index (χ2v) is 9.77. The molecular weight excluding hydrogens is 490 g/mol. The van der Waals surface area contributed by atoms with E-state index >= 15 is 0 Å². The topological polar surface area (TPSA) is 195 Å². The minimum Gasteiger partial charge on any atom is -0.480 e. The number of imidazole rings is 1. The molecular formula is C26H35N7O5. The molecule has 1 aromatic carbocycles. The average Bonchev–Trinajstić information content (AvgIpc) is 3.52. The van der Waals surface area contributed by atoms with E-state index in [1.54, 1.807) is 12.4 Å². The lowest BCUT2D eigenvalue weighted by molar-refractivity contribution is -0.142. The van der Waals surface area contributed by atoms with Crippen molar-refractivity contribution in [3.63, 3.8) is 0 Å². The average molecular weight is 526 g/mol. The van der Waals surface area contributed by atoms with Gasteiger partial charge >= 0.3 is 5.97 Å². The van der Waals surface area contributed by atoms with Crippen LogP contribution >= 0.6 is 0 Å². The Balaban J connectivity index is 1.73. The highest BCUT2D eigenvalue weighted by molar-refractivity contribution is 5.94. The number of aliphatic carboxylic acids is 1. The molecule has 3 amide bonds. The van der Waals surface area contributed by atoms with E-state index in [0.29, 0.717) is 5.69 Å². The zero-order valence-electron chi connectivity index (χ0n) is 21.7. The molecule has 0 radical (unpaired) electrons. The van der Waals surface area contributed by atoms with Crippen LogP contribution in [0.4, 0.5) is 0 Å². The van der Waals surface area contributed by atoms with E-state index in [2.05, 4.69) is 30.9 Å². The Labute approximate surface area is 220 Å². The van der Waals surface area contributed by atoms with Gasteiger partial charge in [-0.25, -0.2) is 9.78 Å². The zero-order valence-corrected chi connectivity index (χ0v) is 21.7. The number of nitrogens with one attached hydrogen (secondary N) is 5. The lowest BCUT2D eigenvalue weighted by Gasteiger charge is -2.24. The van der Waals surface area contributed by atoms with Gasteiger partial charge in [-0.05, 0) is 30.9 Å². The molecule has 0 aliphatic rings. The summed E-state index contributed by atoms with van der Waals surface area (Å²) in [7, 11) is 0. The van der Waals surface area contributed by atoms with Crippen LogP contribution in [0.1, 0.15) is 38.4 Å². The standard InChI is InChI=1S/C26H35N7O5/c1-14(2)8-22(26(37)38)33-25(36)21(9-16-11-29-20-7-5-4-6-18(16)20)32-23(34)15(3)31-24(35)19(27)10-17-12-28-13-30-17/h4-7,11-15,19,21-22,29H,8-10,27H2,1-3H3,(H,28,30)(H,31,35)(H,32,34)(H,33,36)(H,37,38). The minimum absolute atomic E-state index is 0.0271. The van der Waals surface area contributed by atoms with Gasteiger partial charge in [-0.15, -0.1) is 0 Å². The van der Waals surface area contributed by atoms with Gasteiger partial charge in [0, 0.05) is 41.8 Å². The van der Waals surface area contributed by atoms with Gasteiger partial charge in [0.25, 0.3) is 0 Å². The molecule has 204 valence electrons. The van der Waals surface area contributed by atoms with Gasteiger partial charge in [0.05, 0.1) is 12.4 Å². The first-order valence-electron chi connectivity index (χ1n) is 12.5. The van der Waals surface area contributed by atoms with Crippen molar-refractivity contribution in [1.29, 1.82) is 0 Å². The number of nitrogens with two attached hydrogens (primary N) is 1. The first-order chi connectivity index (χ1) is 18.0. The van der Waals surface area contributed by atoms with Crippen LogP contribution in [0, 0.1) is 5.92 Å². The number of carboxylic acids is 1. The van der Waals surface area contributed by atoms with Crippen LogP contribution < -0.4 is 21.7 Å². The summed E-state index contributed by atoms with van der Waals surface area (Å²) >= 11 is 0. The third kappa shape index (κ3) is 7.65. The molecule has 0 saturated carbocycles. The molecule has 4 unspecified atom stereocenters. The summed E-state index contributed by atoms with van der Waals surface area (Å²) in [5.41, 5.74) is 8.27. The highest BCUT2D eigenvalue weighted by Crippen LogP contribution is 2.19. The summed E-state index contributed by atoms with van der Waals surface area (Å²) in [6.45, 7) is 5.19. The molecule has 8 N–H and O–H groups in total. The molecule has 3 aromatic rings. The monoisotopic (exact) mass is 525 g/mol. The van der Waals surface area contributed by atoms with Gasteiger partial charge in [0.15, 0.2) is 0 Å². The van der Waals surface area contributed by atoms with Crippen LogP contribution in [0.25, 0.3) is 10.9 Å². The molecule has 38 heavy (non-hydrogen) atoms. The lowest BCUT2D eigenvalue weighted by Crippen LogP contribution is -2.57. The molecule has 0 bridgehead atoms. The molecule has 0 aliphatic carbocycles. The van der Waals surface area contributed by atoms with Crippen molar-refractivity contribution in [2.45, 2.75) is 64.2 Å². The van der Waals surface area contributed by atoms with Crippen LogP contribution in [-0.4, -0.2) is 67.9 Å². The number of amides is 3. The molecule has 12 nitrogen and oxygen atoms in total. The predicted molar refractivity (Wildman–Crippen MR) is 141 cm³/mol. The van der Waals surface area contributed by atoms with Gasteiger partial charge in [-0.1, -0.05) is 32.0 Å². The van der Waals surface area contributed by atoms with Crippen molar-refractivity contribution in [2.24, 2.45) is 11.7 Å². The van der Waals surface area contributed by atoms with Crippen molar-refractivity contribution in [3.8, 4) is 0 Å². The van der Waals surface area contributed by atoms with Gasteiger partial charge in [0.2, 0.25) is 17.7 Å². The minimum atomic E-state index is -1.16. The van der Waals surface area contributed by atoms with Crippen molar-refractivity contribution in [1.82, 2.24) is 30.9 Å². The first kappa shape index (κ1) is 28.4. The number of aromatic nitrogens is 3. The Morgan fingerprint density at radius 3 is 2.32 bits per heavy atom. The number of carbonyl (C=O) groups is 4. The summed E-state index contributed by atoms with van der Waals surface area (Å²) in [5.74, 6) is -2.91. The van der Waals surface area contributed by atoms with E-state index in [0.717, 1.165) is 16.5 Å². The molecule has 0 saturated heterocycles. The van der Waals surface area contributed by atoms with Crippen LogP contribution in [-0.2, 0) is 32.0 Å². The van der Waals surface area contributed by atoms with Crippen LogP contribution in [0.5, 0.6) is 0 Å². The van der Waals surface area contributed by atoms with E-state index in [-0.39, 0.29) is 25.2 Å². The number of para-hydroxylation sites is 1. The Bertz CT molecular complexity index is 1250. The van der Waals surface area contributed by atoms with Gasteiger partial charge in [-0.2, -0.15) is 0 Å². The zero-order chi connectivity index (χ0) is 27.8. The Hall–Kier alpha value is -4.19. The van der Waals surface area contributed by atoms with E-state index in [4.69, 9.17) is 5.73 Å². The number of fused-ring (bicyclic) bond motifs is 1. The second-order valence-electron chi connectivity index (χ2n) is 9.77. The van der Waals surface area contributed by atoms with Crippen LogP contribution in [0.2, 0.25) is 0 Å². The number of hydrogen-bond donors (Lipinski definition) is 7. The number of carboxylic acid groups (broad SMARTS) is 1. The quantitative estimate of drug-likeness (QED) is 0.170.